The summed E-state index contributed by atoms with van der Waals surface area (Å²) in [5.74, 6) is 0.557. The molecule has 0 aromatic heterocycles. The first-order valence-electron chi connectivity index (χ1n) is 8.37. The Morgan fingerprint density at radius 3 is 2.56 bits per heavy atom. The highest BCUT2D eigenvalue weighted by atomic mass is 16.5. The minimum atomic E-state index is -0.701. The van der Waals surface area contributed by atoms with E-state index >= 15 is 0 Å². The Morgan fingerprint density at radius 1 is 1.20 bits per heavy atom. The van der Waals surface area contributed by atoms with Crippen molar-refractivity contribution in [2.75, 3.05) is 12.0 Å². The zero-order valence-corrected chi connectivity index (χ0v) is 14.6. The maximum absolute atomic E-state index is 13.0. The van der Waals surface area contributed by atoms with Crippen LogP contribution in [0.25, 0.3) is 0 Å². The second-order valence-corrected chi connectivity index (χ2v) is 5.98. The van der Waals surface area contributed by atoms with Crippen molar-refractivity contribution in [3.05, 3.63) is 53.6 Å². The van der Waals surface area contributed by atoms with Crippen molar-refractivity contribution in [3.8, 4) is 11.5 Å². The third-order valence-electron chi connectivity index (χ3n) is 4.24. The van der Waals surface area contributed by atoms with Gasteiger partial charge in [0.15, 0.2) is 6.10 Å². The molecular weight excluding hydrogens is 318 g/mol. The van der Waals surface area contributed by atoms with E-state index in [1.54, 1.807) is 44.4 Å². The Bertz CT molecular complexity index is 798. The van der Waals surface area contributed by atoms with E-state index in [-0.39, 0.29) is 11.8 Å². The molecule has 1 unspecified atom stereocenters. The van der Waals surface area contributed by atoms with Crippen molar-refractivity contribution in [1.82, 2.24) is 0 Å². The van der Waals surface area contributed by atoms with Crippen LogP contribution in [0.2, 0.25) is 0 Å². The molecular formula is C20H21NO4. The number of ether oxygens (including phenoxy) is 2. The molecule has 0 saturated heterocycles. The van der Waals surface area contributed by atoms with Crippen molar-refractivity contribution in [3.63, 3.8) is 0 Å². The number of para-hydroxylation sites is 1. The molecule has 3 rings (SSSR count). The molecule has 2 aromatic rings. The standard InChI is InChI=1S/C20H21NO4/c1-4-6-14-7-5-8-17-18(14)25-13(2)19(22)21(17)20(23)15-9-11-16(24-3)12-10-15/h5,7-13H,4,6H2,1-3H3. The van der Waals surface area contributed by atoms with Gasteiger partial charge in [0, 0.05) is 5.56 Å². The van der Waals surface area contributed by atoms with Crippen LogP contribution in [0.1, 0.15) is 36.2 Å². The lowest BCUT2D eigenvalue weighted by molar-refractivity contribution is -0.124. The van der Waals surface area contributed by atoms with Gasteiger partial charge in [-0.15, -0.1) is 0 Å². The van der Waals surface area contributed by atoms with E-state index in [2.05, 4.69) is 6.92 Å². The van der Waals surface area contributed by atoms with Crippen LogP contribution in [-0.4, -0.2) is 25.0 Å². The van der Waals surface area contributed by atoms with Gasteiger partial charge in [0.25, 0.3) is 11.8 Å². The summed E-state index contributed by atoms with van der Waals surface area (Å²) in [5.41, 5.74) is 1.94. The summed E-state index contributed by atoms with van der Waals surface area (Å²) in [7, 11) is 1.56. The van der Waals surface area contributed by atoms with Crippen molar-refractivity contribution in [2.45, 2.75) is 32.8 Å². The van der Waals surface area contributed by atoms with Crippen LogP contribution in [-0.2, 0) is 11.2 Å². The van der Waals surface area contributed by atoms with E-state index in [4.69, 9.17) is 9.47 Å². The van der Waals surface area contributed by atoms with Gasteiger partial charge in [0.05, 0.1) is 12.8 Å². The molecule has 5 heteroatoms. The molecule has 1 atom stereocenters. The maximum Gasteiger partial charge on any atom is 0.274 e. The second kappa shape index (κ2) is 6.97. The number of carbonyl (C=O) groups is 2. The quantitative estimate of drug-likeness (QED) is 0.799. The fourth-order valence-electron chi connectivity index (χ4n) is 2.95. The normalized spacial score (nSPS) is 16.2. The number of imide groups is 1. The fraction of sp³-hybridized carbons (Fsp3) is 0.300. The van der Waals surface area contributed by atoms with Crippen LogP contribution in [0.3, 0.4) is 0 Å². The van der Waals surface area contributed by atoms with E-state index in [1.807, 2.05) is 12.1 Å². The number of anilines is 1. The summed E-state index contributed by atoms with van der Waals surface area (Å²) in [6.45, 7) is 3.75. The Labute approximate surface area is 147 Å². The van der Waals surface area contributed by atoms with Gasteiger partial charge < -0.3 is 9.47 Å². The lowest BCUT2D eigenvalue weighted by atomic mass is 10.0. The molecule has 0 radical (unpaired) electrons. The predicted octanol–water partition coefficient (Wildman–Crippen LogP) is 3.60. The summed E-state index contributed by atoms with van der Waals surface area (Å²) in [5, 5.41) is 0. The van der Waals surface area contributed by atoms with Crippen LogP contribution < -0.4 is 14.4 Å². The zero-order chi connectivity index (χ0) is 18.0. The Hall–Kier alpha value is -2.82. The van der Waals surface area contributed by atoms with Crippen LogP contribution >= 0.6 is 0 Å². The highest BCUT2D eigenvalue weighted by molar-refractivity contribution is 6.23. The highest BCUT2D eigenvalue weighted by Gasteiger charge is 2.37. The summed E-state index contributed by atoms with van der Waals surface area (Å²) in [6.07, 6.45) is 1.08. The van der Waals surface area contributed by atoms with E-state index in [9.17, 15) is 9.59 Å². The highest BCUT2D eigenvalue weighted by Crippen LogP contribution is 2.38. The molecule has 0 aliphatic carbocycles. The lowest BCUT2D eigenvalue weighted by Gasteiger charge is -2.33. The SMILES string of the molecule is CCCc1cccc2c1OC(C)C(=O)N2C(=O)c1ccc(OC)cc1. The van der Waals surface area contributed by atoms with Crippen LogP contribution in [0, 0.1) is 0 Å². The summed E-state index contributed by atoms with van der Waals surface area (Å²) < 4.78 is 10.9. The van der Waals surface area contributed by atoms with Gasteiger partial charge in [-0.3, -0.25) is 9.59 Å². The van der Waals surface area contributed by atoms with Gasteiger partial charge in [-0.25, -0.2) is 4.90 Å². The van der Waals surface area contributed by atoms with Crippen molar-refractivity contribution >= 4 is 17.5 Å². The third-order valence-corrected chi connectivity index (χ3v) is 4.24. The van der Waals surface area contributed by atoms with Gasteiger partial charge in [0.2, 0.25) is 0 Å². The molecule has 1 heterocycles. The molecule has 130 valence electrons. The van der Waals surface area contributed by atoms with E-state index in [1.165, 1.54) is 4.90 Å². The maximum atomic E-state index is 13.0. The molecule has 0 spiro atoms. The van der Waals surface area contributed by atoms with Crippen LogP contribution in [0.4, 0.5) is 5.69 Å². The van der Waals surface area contributed by atoms with E-state index in [0.29, 0.717) is 22.7 Å². The average Bonchev–Trinajstić information content (AvgIpc) is 2.63. The topological polar surface area (TPSA) is 55.8 Å². The van der Waals surface area contributed by atoms with Gasteiger partial charge in [-0.05, 0) is 49.2 Å². The zero-order valence-electron chi connectivity index (χ0n) is 14.6. The molecule has 2 amide bonds. The number of carbonyl (C=O) groups excluding carboxylic acids is 2. The molecule has 0 N–H and O–H groups in total. The largest absolute Gasteiger partial charge is 0.497 e. The molecule has 0 bridgehead atoms. The minimum Gasteiger partial charge on any atom is -0.497 e. The first kappa shape index (κ1) is 17.0. The number of nitrogens with zero attached hydrogens (tertiary/aromatic N) is 1. The first-order valence-corrected chi connectivity index (χ1v) is 8.37. The third kappa shape index (κ3) is 3.09. The molecule has 5 nitrogen and oxygen atoms in total. The van der Waals surface area contributed by atoms with Crippen LogP contribution in [0.5, 0.6) is 11.5 Å². The monoisotopic (exact) mass is 339 g/mol. The summed E-state index contributed by atoms with van der Waals surface area (Å²) >= 11 is 0. The Kier molecular flexibility index (Phi) is 4.74. The number of rotatable bonds is 4. The lowest BCUT2D eigenvalue weighted by Crippen LogP contribution is -2.48. The van der Waals surface area contributed by atoms with Gasteiger partial charge in [-0.2, -0.15) is 0 Å². The second-order valence-electron chi connectivity index (χ2n) is 5.98. The van der Waals surface area contributed by atoms with Crippen molar-refractivity contribution < 1.29 is 19.1 Å². The predicted molar refractivity (Wildman–Crippen MR) is 95.3 cm³/mol. The molecule has 2 aromatic carbocycles. The molecule has 0 saturated carbocycles. The first-order chi connectivity index (χ1) is 12.1. The number of methoxy groups -OCH3 is 1. The number of hydrogen-bond donors (Lipinski definition) is 0. The van der Waals surface area contributed by atoms with Crippen molar-refractivity contribution in [1.29, 1.82) is 0 Å². The van der Waals surface area contributed by atoms with E-state index < -0.39 is 6.10 Å². The number of amides is 2. The Balaban J connectivity index is 2.04. The number of fused-ring (bicyclic) bond motifs is 1. The van der Waals surface area contributed by atoms with Gasteiger partial charge >= 0.3 is 0 Å². The molecule has 1 aliphatic heterocycles. The summed E-state index contributed by atoms with van der Waals surface area (Å²) in [6, 6.07) is 12.3. The van der Waals surface area contributed by atoms with Crippen molar-refractivity contribution in [2.24, 2.45) is 0 Å². The number of hydrogen-bond acceptors (Lipinski definition) is 4. The average molecular weight is 339 g/mol. The minimum absolute atomic E-state index is 0.359. The Morgan fingerprint density at radius 2 is 1.92 bits per heavy atom. The molecule has 1 aliphatic rings. The van der Waals surface area contributed by atoms with Gasteiger partial charge in [0.1, 0.15) is 11.5 Å². The van der Waals surface area contributed by atoms with Crippen LogP contribution in [0.15, 0.2) is 42.5 Å². The van der Waals surface area contributed by atoms with Gasteiger partial charge in [-0.1, -0.05) is 25.5 Å². The number of aryl methyl sites for hydroxylation is 1. The molecule has 25 heavy (non-hydrogen) atoms. The fourth-order valence-corrected chi connectivity index (χ4v) is 2.95. The molecule has 0 fully saturated rings. The summed E-state index contributed by atoms with van der Waals surface area (Å²) in [4.78, 5) is 26.9. The smallest absolute Gasteiger partial charge is 0.274 e. The number of benzene rings is 2. The van der Waals surface area contributed by atoms with E-state index in [0.717, 1.165) is 18.4 Å².